The molecule has 1 heterocycles. The minimum absolute atomic E-state index is 0.402. The molecule has 0 fully saturated rings. The SMILES string of the molecule is COC(OC)c1cccc2c1ccn2C(=O)OC(C)(C)C. The molecule has 0 aliphatic heterocycles. The van der Waals surface area contributed by atoms with E-state index in [4.69, 9.17) is 14.2 Å². The number of aromatic nitrogens is 1. The Hall–Kier alpha value is -1.85. The van der Waals surface area contributed by atoms with Crippen LogP contribution < -0.4 is 0 Å². The molecule has 2 aromatic rings. The van der Waals surface area contributed by atoms with Gasteiger partial charge in [-0.3, -0.25) is 4.57 Å². The van der Waals surface area contributed by atoms with Crippen molar-refractivity contribution in [1.29, 1.82) is 0 Å². The number of methoxy groups -OCH3 is 2. The third-order valence-electron chi connectivity index (χ3n) is 3.04. The van der Waals surface area contributed by atoms with E-state index < -0.39 is 18.0 Å². The molecule has 0 radical (unpaired) electrons. The molecule has 1 aromatic heterocycles. The van der Waals surface area contributed by atoms with Crippen LogP contribution in [0.2, 0.25) is 0 Å². The molecule has 21 heavy (non-hydrogen) atoms. The lowest BCUT2D eigenvalue weighted by atomic mass is 10.1. The van der Waals surface area contributed by atoms with E-state index in [1.54, 1.807) is 20.4 Å². The number of benzene rings is 1. The lowest BCUT2D eigenvalue weighted by molar-refractivity contribution is -0.105. The van der Waals surface area contributed by atoms with Gasteiger partial charge < -0.3 is 14.2 Å². The van der Waals surface area contributed by atoms with E-state index in [0.29, 0.717) is 0 Å². The molecule has 5 nitrogen and oxygen atoms in total. The molecular formula is C16H21NO4. The largest absolute Gasteiger partial charge is 0.443 e. The first-order chi connectivity index (χ1) is 9.87. The number of rotatable bonds is 3. The van der Waals surface area contributed by atoms with Crippen LogP contribution in [0, 0.1) is 0 Å². The van der Waals surface area contributed by atoms with Crippen LogP contribution in [0.15, 0.2) is 30.5 Å². The van der Waals surface area contributed by atoms with Crippen molar-refractivity contribution in [2.75, 3.05) is 14.2 Å². The second-order valence-electron chi connectivity index (χ2n) is 5.75. The lowest BCUT2D eigenvalue weighted by Crippen LogP contribution is -2.26. The van der Waals surface area contributed by atoms with Gasteiger partial charge in [0.15, 0.2) is 6.29 Å². The highest BCUT2D eigenvalue weighted by atomic mass is 16.7. The molecule has 0 aliphatic carbocycles. The Morgan fingerprint density at radius 1 is 1.14 bits per heavy atom. The molecule has 2 rings (SSSR count). The fourth-order valence-corrected chi connectivity index (χ4v) is 2.22. The summed E-state index contributed by atoms with van der Waals surface area (Å²) in [7, 11) is 3.16. The summed E-state index contributed by atoms with van der Waals surface area (Å²) in [6.45, 7) is 5.52. The van der Waals surface area contributed by atoms with Crippen LogP contribution in [0.5, 0.6) is 0 Å². The summed E-state index contributed by atoms with van der Waals surface area (Å²) in [6, 6.07) is 7.51. The maximum Gasteiger partial charge on any atom is 0.418 e. The van der Waals surface area contributed by atoms with Gasteiger partial charge >= 0.3 is 6.09 Å². The van der Waals surface area contributed by atoms with Gasteiger partial charge in [0.2, 0.25) is 0 Å². The third kappa shape index (κ3) is 3.25. The van der Waals surface area contributed by atoms with Crippen LogP contribution in [-0.2, 0) is 14.2 Å². The highest BCUT2D eigenvalue weighted by Crippen LogP contribution is 2.28. The molecule has 0 spiro atoms. The standard InChI is InChI=1S/C16H21NO4/c1-16(2,3)21-15(18)17-10-9-11-12(14(19-4)20-5)7-6-8-13(11)17/h6-10,14H,1-5H3. The van der Waals surface area contributed by atoms with Crippen LogP contribution in [0.3, 0.4) is 0 Å². The Bertz CT molecular complexity index is 635. The highest BCUT2D eigenvalue weighted by Gasteiger charge is 2.21. The van der Waals surface area contributed by atoms with Gasteiger partial charge in [-0.2, -0.15) is 0 Å². The number of nitrogens with zero attached hydrogens (tertiary/aromatic N) is 1. The van der Waals surface area contributed by atoms with Crippen molar-refractivity contribution in [2.45, 2.75) is 32.7 Å². The molecule has 0 aliphatic rings. The first kappa shape index (κ1) is 15.5. The van der Waals surface area contributed by atoms with Crippen molar-refractivity contribution in [1.82, 2.24) is 4.57 Å². The molecule has 1 aromatic carbocycles. The topological polar surface area (TPSA) is 49.7 Å². The van der Waals surface area contributed by atoms with Crippen molar-refractivity contribution in [3.63, 3.8) is 0 Å². The van der Waals surface area contributed by atoms with Crippen LogP contribution in [-0.4, -0.2) is 30.5 Å². The number of hydrogen-bond donors (Lipinski definition) is 0. The number of carbonyl (C=O) groups excluding carboxylic acids is 1. The Morgan fingerprint density at radius 3 is 2.38 bits per heavy atom. The van der Waals surface area contributed by atoms with E-state index in [0.717, 1.165) is 16.5 Å². The lowest BCUT2D eigenvalue weighted by Gasteiger charge is -2.20. The Kier molecular flexibility index (Phi) is 4.34. The average Bonchev–Trinajstić information content (AvgIpc) is 2.83. The molecule has 114 valence electrons. The van der Waals surface area contributed by atoms with E-state index in [-0.39, 0.29) is 0 Å². The number of hydrogen-bond acceptors (Lipinski definition) is 4. The summed E-state index contributed by atoms with van der Waals surface area (Å²) in [4.78, 5) is 12.2. The van der Waals surface area contributed by atoms with Crippen LogP contribution in [0.25, 0.3) is 10.9 Å². The maximum absolute atomic E-state index is 12.2. The van der Waals surface area contributed by atoms with Gasteiger partial charge in [-0.1, -0.05) is 12.1 Å². The van der Waals surface area contributed by atoms with E-state index in [2.05, 4.69) is 0 Å². The van der Waals surface area contributed by atoms with Gasteiger partial charge in [0, 0.05) is 31.4 Å². The maximum atomic E-state index is 12.2. The molecular weight excluding hydrogens is 270 g/mol. The summed E-state index contributed by atoms with van der Waals surface area (Å²) < 4.78 is 17.5. The van der Waals surface area contributed by atoms with Crippen molar-refractivity contribution < 1.29 is 19.0 Å². The fourth-order valence-electron chi connectivity index (χ4n) is 2.22. The quantitative estimate of drug-likeness (QED) is 0.809. The predicted molar refractivity (Wildman–Crippen MR) is 80.3 cm³/mol. The van der Waals surface area contributed by atoms with E-state index in [1.807, 2.05) is 45.0 Å². The van der Waals surface area contributed by atoms with Crippen LogP contribution in [0.4, 0.5) is 4.79 Å². The van der Waals surface area contributed by atoms with E-state index in [9.17, 15) is 4.79 Å². The Balaban J connectivity index is 2.46. The van der Waals surface area contributed by atoms with E-state index in [1.165, 1.54) is 4.57 Å². The number of carbonyl (C=O) groups is 1. The predicted octanol–water partition coefficient (Wildman–Crippen LogP) is 3.72. The molecule has 0 amide bonds. The highest BCUT2D eigenvalue weighted by molar-refractivity contribution is 5.91. The minimum atomic E-state index is -0.535. The van der Waals surface area contributed by atoms with Gasteiger partial charge in [-0.25, -0.2) is 4.79 Å². The third-order valence-corrected chi connectivity index (χ3v) is 3.04. The second-order valence-corrected chi connectivity index (χ2v) is 5.75. The summed E-state index contributed by atoms with van der Waals surface area (Å²) in [5.74, 6) is 0. The number of ether oxygens (including phenoxy) is 3. The van der Waals surface area contributed by atoms with Crippen molar-refractivity contribution >= 4 is 17.0 Å². The van der Waals surface area contributed by atoms with Gasteiger partial charge in [0.25, 0.3) is 0 Å². The molecule has 0 unspecified atom stereocenters. The van der Waals surface area contributed by atoms with Gasteiger partial charge in [0.05, 0.1) is 5.52 Å². The van der Waals surface area contributed by atoms with Gasteiger partial charge in [-0.05, 0) is 32.9 Å². The summed E-state index contributed by atoms with van der Waals surface area (Å²) in [6.07, 6.45) is 0.828. The van der Waals surface area contributed by atoms with Crippen molar-refractivity contribution in [3.05, 3.63) is 36.0 Å². The first-order valence-electron chi connectivity index (χ1n) is 6.76. The molecule has 0 atom stereocenters. The Morgan fingerprint density at radius 2 is 1.81 bits per heavy atom. The first-order valence-corrected chi connectivity index (χ1v) is 6.76. The summed E-state index contributed by atoms with van der Waals surface area (Å²) >= 11 is 0. The smallest absolute Gasteiger partial charge is 0.418 e. The van der Waals surface area contributed by atoms with Gasteiger partial charge in [0.1, 0.15) is 5.60 Å². The minimum Gasteiger partial charge on any atom is -0.443 e. The van der Waals surface area contributed by atoms with Crippen molar-refractivity contribution in [3.8, 4) is 0 Å². The molecule has 0 saturated carbocycles. The second kappa shape index (κ2) is 5.87. The zero-order chi connectivity index (χ0) is 15.6. The molecule has 0 saturated heterocycles. The van der Waals surface area contributed by atoms with Crippen molar-refractivity contribution in [2.24, 2.45) is 0 Å². The average molecular weight is 291 g/mol. The van der Waals surface area contributed by atoms with E-state index >= 15 is 0 Å². The van der Waals surface area contributed by atoms with Crippen LogP contribution in [0.1, 0.15) is 32.6 Å². The molecule has 0 bridgehead atoms. The molecule has 5 heteroatoms. The van der Waals surface area contributed by atoms with Gasteiger partial charge in [-0.15, -0.1) is 0 Å². The zero-order valence-electron chi connectivity index (χ0n) is 13.0. The summed E-state index contributed by atoms with van der Waals surface area (Å²) in [5.41, 5.74) is 1.10. The fraction of sp³-hybridized carbons (Fsp3) is 0.438. The Labute approximate surface area is 124 Å². The summed E-state index contributed by atoms with van der Waals surface area (Å²) in [5, 5.41) is 0.900. The van der Waals surface area contributed by atoms with Crippen LogP contribution >= 0.6 is 0 Å². The number of fused-ring (bicyclic) bond motifs is 1. The monoisotopic (exact) mass is 291 g/mol. The molecule has 0 N–H and O–H groups in total. The normalized spacial score (nSPS) is 12.1. The zero-order valence-corrected chi connectivity index (χ0v) is 13.0.